The first kappa shape index (κ1) is 21.9. The molecule has 2 aromatic heterocycles. The number of benzene rings is 2. The van der Waals surface area contributed by atoms with Crippen LogP contribution in [0.1, 0.15) is 44.8 Å². The number of hydrogen-bond acceptors (Lipinski definition) is 6. The molecule has 34 heavy (non-hydrogen) atoms. The van der Waals surface area contributed by atoms with Crippen molar-refractivity contribution in [1.29, 1.82) is 5.26 Å². The largest absolute Gasteiger partial charge is 0.497 e. The number of fused-ring (bicyclic) bond motifs is 2. The molecule has 0 bridgehead atoms. The van der Waals surface area contributed by atoms with Gasteiger partial charge >= 0.3 is 0 Å². The van der Waals surface area contributed by atoms with Gasteiger partial charge in [0.15, 0.2) is 0 Å². The minimum Gasteiger partial charge on any atom is -0.497 e. The van der Waals surface area contributed by atoms with Crippen LogP contribution in [-0.2, 0) is 12.8 Å². The van der Waals surface area contributed by atoms with E-state index in [9.17, 15) is 10.1 Å². The Labute approximate surface area is 201 Å². The van der Waals surface area contributed by atoms with Gasteiger partial charge in [-0.2, -0.15) is 5.26 Å². The van der Waals surface area contributed by atoms with Crippen molar-refractivity contribution in [3.05, 3.63) is 81.2 Å². The fraction of sp³-hybridized carbons (Fsp3) is 0.222. The summed E-state index contributed by atoms with van der Waals surface area (Å²) in [5, 5.41) is 14.1. The van der Waals surface area contributed by atoms with Gasteiger partial charge in [0.2, 0.25) is 5.55 Å². The standard InChI is InChI=1S/C27H23N3O3S/c1-16-6-5-7-18(12-16)29-25(31)21-14-17-13-19(32-2)10-11-23(17)33-26(21)30-27-22(15-28)20-8-3-4-9-24(20)34-27/h5-7,10-14H,3-4,8-9H2,1-2H3,(H,29,31)/b30-26-. The zero-order valence-electron chi connectivity index (χ0n) is 19.0. The van der Waals surface area contributed by atoms with E-state index in [1.807, 2.05) is 37.3 Å². The molecule has 4 aromatic rings. The number of methoxy groups -OCH3 is 1. The van der Waals surface area contributed by atoms with Crippen LogP contribution in [0.2, 0.25) is 0 Å². The lowest BCUT2D eigenvalue weighted by molar-refractivity contribution is 0.102. The summed E-state index contributed by atoms with van der Waals surface area (Å²) in [5.74, 6) is 0.327. The van der Waals surface area contributed by atoms with Crippen molar-refractivity contribution < 1.29 is 13.9 Å². The molecule has 0 unspecified atom stereocenters. The van der Waals surface area contributed by atoms with E-state index in [4.69, 9.17) is 14.1 Å². The van der Waals surface area contributed by atoms with E-state index in [1.165, 1.54) is 16.2 Å². The predicted molar refractivity (Wildman–Crippen MR) is 133 cm³/mol. The van der Waals surface area contributed by atoms with Crippen LogP contribution in [0.25, 0.3) is 11.0 Å². The quantitative estimate of drug-likeness (QED) is 0.394. The number of carbonyl (C=O) groups is 1. The number of nitriles is 1. The van der Waals surface area contributed by atoms with Crippen LogP contribution in [0.4, 0.5) is 10.7 Å². The molecule has 6 nitrogen and oxygen atoms in total. The lowest BCUT2D eigenvalue weighted by atomic mass is 9.96. The molecule has 2 heterocycles. The van der Waals surface area contributed by atoms with Crippen molar-refractivity contribution in [3.63, 3.8) is 0 Å². The number of nitrogens with zero attached hydrogens (tertiary/aromatic N) is 2. The summed E-state index contributed by atoms with van der Waals surface area (Å²) in [5.41, 5.74) is 4.45. The molecule has 1 aliphatic carbocycles. The first-order valence-electron chi connectivity index (χ1n) is 11.1. The van der Waals surface area contributed by atoms with Gasteiger partial charge in [-0.25, -0.2) is 4.99 Å². The second kappa shape index (κ2) is 9.16. The Balaban J connectivity index is 1.68. The van der Waals surface area contributed by atoms with E-state index >= 15 is 0 Å². The highest BCUT2D eigenvalue weighted by Gasteiger charge is 2.21. The number of carbonyl (C=O) groups excluding carboxylic acids is 1. The average molecular weight is 470 g/mol. The van der Waals surface area contributed by atoms with Crippen LogP contribution in [0, 0.1) is 18.3 Å². The zero-order chi connectivity index (χ0) is 23.7. The first-order valence-corrected chi connectivity index (χ1v) is 12.0. The number of amides is 1. The normalized spacial score (nSPS) is 13.4. The molecule has 0 saturated carbocycles. The lowest BCUT2D eigenvalue weighted by Crippen LogP contribution is -2.21. The molecule has 0 spiro atoms. The molecule has 7 heteroatoms. The number of ether oxygens (including phenoxy) is 1. The fourth-order valence-electron chi connectivity index (χ4n) is 4.24. The smallest absolute Gasteiger partial charge is 0.261 e. The second-order valence-corrected chi connectivity index (χ2v) is 9.39. The Bertz CT molecular complexity index is 1520. The highest BCUT2D eigenvalue weighted by molar-refractivity contribution is 7.16. The van der Waals surface area contributed by atoms with Crippen LogP contribution >= 0.6 is 11.3 Å². The van der Waals surface area contributed by atoms with E-state index in [1.54, 1.807) is 25.3 Å². The molecule has 0 fully saturated rings. The molecule has 0 atom stereocenters. The summed E-state index contributed by atoms with van der Waals surface area (Å²) >= 11 is 1.52. The first-order chi connectivity index (χ1) is 16.6. The van der Waals surface area contributed by atoms with Gasteiger partial charge in [0.1, 0.15) is 28.0 Å². The maximum absolute atomic E-state index is 13.4. The van der Waals surface area contributed by atoms with Gasteiger partial charge in [0, 0.05) is 16.0 Å². The van der Waals surface area contributed by atoms with Crippen molar-refractivity contribution in [3.8, 4) is 11.8 Å². The number of thiophene rings is 1. The van der Waals surface area contributed by atoms with E-state index in [2.05, 4.69) is 11.4 Å². The van der Waals surface area contributed by atoms with Crippen molar-refractivity contribution in [1.82, 2.24) is 0 Å². The maximum Gasteiger partial charge on any atom is 0.261 e. The number of aryl methyl sites for hydroxylation is 2. The van der Waals surface area contributed by atoms with Crippen molar-refractivity contribution in [2.75, 3.05) is 12.4 Å². The van der Waals surface area contributed by atoms with E-state index in [0.717, 1.165) is 42.2 Å². The Morgan fingerprint density at radius 3 is 2.82 bits per heavy atom. The van der Waals surface area contributed by atoms with Crippen molar-refractivity contribution in [2.24, 2.45) is 4.99 Å². The minimum atomic E-state index is -0.336. The maximum atomic E-state index is 13.4. The predicted octanol–water partition coefficient (Wildman–Crippen LogP) is 6.05. The number of rotatable bonds is 4. The topological polar surface area (TPSA) is 87.6 Å². The molecule has 0 aliphatic heterocycles. The number of anilines is 1. The van der Waals surface area contributed by atoms with E-state index in [-0.39, 0.29) is 17.0 Å². The number of nitrogens with one attached hydrogen (secondary N) is 1. The second-order valence-electron chi connectivity index (χ2n) is 8.31. The summed E-state index contributed by atoms with van der Waals surface area (Å²) in [4.78, 5) is 19.3. The third kappa shape index (κ3) is 4.20. The van der Waals surface area contributed by atoms with Crippen LogP contribution in [0.5, 0.6) is 5.75 Å². The minimum absolute atomic E-state index is 0.179. The van der Waals surface area contributed by atoms with Gasteiger partial charge in [-0.3, -0.25) is 4.79 Å². The molecular weight excluding hydrogens is 446 g/mol. The number of hydrogen-bond donors (Lipinski definition) is 1. The molecule has 2 aromatic carbocycles. The van der Waals surface area contributed by atoms with E-state index < -0.39 is 0 Å². The SMILES string of the molecule is COc1ccc2o/c(=N\c3sc4c(c3C#N)CCCC4)c(C(=O)Nc3cccc(C)c3)cc2c1. The van der Waals surface area contributed by atoms with Gasteiger partial charge in [-0.15, -0.1) is 11.3 Å². The Hall–Kier alpha value is -3.89. The van der Waals surface area contributed by atoms with Gasteiger partial charge < -0.3 is 14.5 Å². The summed E-state index contributed by atoms with van der Waals surface area (Å²) in [6, 6.07) is 17.1. The van der Waals surface area contributed by atoms with Crippen molar-refractivity contribution in [2.45, 2.75) is 32.6 Å². The molecule has 1 aliphatic rings. The molecule has 1 amide bonds. The third-order valence-corrected chi connectivity index (χ3v) is 7.13. The summed E-state index contributed by atoms with van der Waals surface area (Å²) in [6.07, 6.45) is 4.04. The monoisotopic (exact) mass is 469 g/mol. The lowest BCUT2D eigenvalue weighted by Gasteiger charge is -2.09. The van der Waals surface area contributed by atoms with Gasteiger partial charge in [0.05, 0.1) is 12.7 Å². The van der Waals surface area contributed by atoms with E-state index in [0.29, 0.717) is 27.6 Å². The van der Waals surface area contributed by atoms with Crippen LogP contribution in [0.15, 0.2) is 57.9 Å². The molecule has 170 valence electrons. The zero-order valence-corrected chi connectivity index (χ0v) is 19.8. The molecule has 0 radical (unpaired) electrons. The van der Waals surface area contributed by atoms with Gasteiger partial charge in [0.25, 0.3) is 5.91 Å². The highest BCUT2D eigenvalue weighted by atomic mass is 32.1. The van der Waals surface area contributed by atoms with Gasteiger partial charge in [-0.05, 0) is 80.1 Å². The Kier molecular flexibility index (Phi) is 5.91. The average Bonchev–Trinajstić information content (AvgIpc) is 3.20. The molecule has 5 rings (SSSR count). The van der Waals surface area contributed by atoms with Gasteiger partial charge in [-0.1, -0.05) is 12.1 Å². The van der Waals surface area contributed by atoms with Crippen LogP contribution in [0.3, 0.4) is 0 Å². The third-order valence-electron chi connectivity index (χ3n) is 5.94. The molecular formula is C27H23N3O3S. The van der Waals surface area contributed by atoms with Crippen LogP contribution in [-0.4, -0.2) is 13.0 Å². The highest BCUT2D eigenvalue weighted by Crippen LogP contribution is 2.39. The summed E-state index contributed by atoms with van der Waals surface area (Å²) in [6.45, 7) is 1.97. The van der Waals surface area contributed by atoms with Crippen molar-refractivity contribution >= 4 is 38.9 Å². The molecule has 0 saturated heterocycles. The molecule has 1 N–H and O–H groups in total. The Morgan fingerprint density at radius 1 is 1.18 bits per heavy atom. The summed E-state index contributed by atoms with van der Waals surface area (Å²) < 4.78 is 11.5. The van der Waals surface area contributed by atoms with Crippen LogP contribution < -0.4 is 15.6 Å². The Morgan fingerprint density at radius 2 is 2.03 bits per heavy atom. The fourth-order valence-corrected chi connectivity index (χ4v) is 5.45. The summed E-state index contributed by atoms with van der Waals surface area (Å²) in [7, 11) is 1.59.